The molecule has 1 saturated heterocycles. The first-order valence-corrected chi connectivity index (χ1v) is 6.08. The maximum atomic E-state index is 11.8. The van der Waals surface area contributed by atoms with Crippen molar-refractivity contribution in [1.82, 2.24) is 0 Å². The zero-order chi connectivity index (χ0) is 12.4. The van der Waals surface area contributed by atoms with Crippen molar-refractivity contribution in [1.29, 1.82) is 0 Å². The van der Waals surface area contributed by atoms with Gasteiger partial charge in [0.25, 0.3) is 0 Å². The van der Waals surface area contributed by atoms with E-state index in [4.69, 9.17) is 4.74 Å². The number of carbonyl (C=O) groups excluding carboxylic acids is 2. The molecule has 2 rings (SSSR count). The Balaban J connectivity index is 2.34. The number of methoxy groups -OCH3 is 1. The number of hydrogen-bond donors (Lipinski definition) is 0. The van der Waals surface area contributed by atoms with E-state index in [0.717, 1.165) is 10.2 Å². The highest BCUT2D eigenvalue weighted by atomic mass is 79.9. The van der Waals surface area contributed by atoms with E-state index in [1.165, 1.54) is 12.0 Å². The minimum absolute atomic E-state index is 0.0431. The van der Waals surface area contributed by atoms with E-state index < -0.39 is 6.04 Å². The first kappa shape index (κ1) is 12.1. The van der Waals surface area contributed by atoms with Crippen molar-refractivity contribution in [2.24, 2.45) is 0 Å². The lowest BCUT2D eigenvalue weighted by Gasteiger charge is -2.22. The lowest BCUT2D eigenvalue weighted by molar-refractivity contribution is -0.142. The molecule has 1 aliphatic rings. The summed E-state index contributed by atoms with van der Waals surface area (Å²) in [6, 6.07) is 6.83. The molecule has 4 nitrogen and oxygen atoms in total. The molecular weight excluding hydrogens is 286 g/mol. The number of hydrogen-bond acceptors (Lipinski definition) is 3. The largest absolute Gasteiger partial charge is 0.467 e. The molecular formula is C12H12BrNO3. The zero-order valence-electron chi connectivity index (χ0n) is 9.35. The number of amides is 1. The summed E-state index contributed by atoms with van der Waals surface area (Å²) in [5.41, 5.74) is 0.720. The van der Waals surface area contributed by atoms with Crippen molar-refractivity contribution in [3.63, 3.8) is 0 Å². The molecule has 1 heterocycles. The van der Waals surface area contributed by atoms with E-state index in [2.05, 4.69) is 15.9 Å². The van der Waals surface area contributed by atoms with Gasteiger partial charge in [-0.2, -0.15) is 0 Å². The van der Waals surface area contributed by atoms with Gasteiger partial charge in [-0.3, -0.25) is 9.69 Å². The molecule has 1 atom stereocenters. The average molecular weight is 298 g/mol. The van der Waals surface area contributed by atoms with E-state index in [9.17, 15) is 9.59 Å². The fourth-order valence-electron chi connectivity index (χ4n) is 1.99. The van der Waals surface area contributed by atoms with Gasteiger partial charge in [-0.25, -0.2) is 4.79 Å². The standard InChI is InChI=1S/C12H12BrNO3/c1-17-12(16)10-5-6-11(15)14(10)9-4-2-3-8(13)7-9/h2-4,7,10H,5-6H2,1H3. The maximum absolute atomic E-state index is 11.8. The van der Waals surface area contributed by atoms with Crippen molar-refractivity contribution in [3.05, 3.63) is 28.7 Å². The lowest BCUT2D eigenvalue weighted by atomic mass is 10.2. The van der Waals surface area contributed by atoms with Gasteiger partial charge in [0.05, 0.1) is 7.11 Å². The quantitative estimate of drug-likeness (QED) is 0.786. The Bertz CT molecular complexity index is 461. The normalized spacial score (nSPS) is 19.5. The van der Waals surface area contributed by atoms with Crippen molar-refractivity contribution in [2.45, 2.75) is 18.9 Å². The van der Waals surface area contributed by atoms with Gasteiger partial charge >= 0.3 is 5.97 Å². The summed E-state index contributed by atoms with van der Waals surface area (Å²) in [7, 11) is 1.34. The van der Waals surface area contributed by atoms with E-state index in [0.29, 0.717) is 12.8 Å². The fourth-order valence-corrected chi connectivity index (χ4v) is 2.38. The zero-order valence-corrected chi connectivity index (χ0v) is 10.9. The molecule has 0 N–H and O–H groups in total. The average Bonchev–Trinajstić information content (AvgIpc) is 2.70. The Kier molecular flexibility index (Phi) is 3.47. The summed E-state index contributed by atoms with van der Waals surface area (Å²) >= 11 is 3.35. The van der Waals surface area contributed by atoms with Gasteiger partial charge in [-0.05, 0) is 24.6 Å². The van der Waals surface area contributed by atoms with Crippen LogP contribution in [-0.2, 0) is 14.3 Å². The second-order valence-corrected chi connectivity index (χ2v) is 4.74. The minimum Gasteiger partial charge on any atom is -0.467 e. The highest BCUT2D eigenvalue weighted by Gasteiger charge is 2.37. The number of carbonyl (C=O) groups is 2. The number of benzene rings is 1. The fraction of sp³-hybridized carbons (Fsp3) is 0.333. The number of esters is 1. The van der Waals surface area contributed by atoms with Gasteiger partial charge in [-0.1, -0.05) is 22.0 Å². The van der Waals surface area contributed by atoms with Gasteiger partial charge in [0.1, 0.15) is 6.04 Å². The van der Waals surface area contributed by atoms with Crippen LogP contribution >= 0.6 is 15.9 Å². The number of halogens is 1. The first-order chi connectivity index (χ1) is 8.13. The van der Waals surface area contributed by atoms with Crippen LogP contribution in [0.1, 0.15) is 12.8 Å². The summed E-state index contributed by atoms with van der Waals surface area (Å²) in [6.45, 7) is 0. The molecule has 1 unspecified atom stereocenters. The third-order valence-corrected chi connectivity index (χ3v) is 3.26. The topological polar surface area (TPSA) is 46.6 Å². The predicted octanol–water partition coefficient (Wildman–Crippen LogP) is 2.12. The summed E-state index contributed by atoms with van der Waals surface area (Å²) < 4.78 is 5.59. The number of ether oxygens (including phenoxy) is 1. The molecule has 1 aliphatic heterocycles. The molecule has 1 amide bonds. The van der Waals surface area contributed by atoms with Crippen LogP contribution < -0.4 is 4.90 Å². The Morgan fingerprint density at radius 2 is 2.29 bits per heavy atom. The summed E-state index contributed by atoms with van der Waals surface area (Å²) in [5.74, 6) is -0.408. The Morgan fingerprint density at radius 1 is 1.53 bits per heavy atom. The minimum atomic E-state index is -0.498. The van der Waals surface area contributed by atoms with Crippen LogP contribution in [0.15, 0.2) is 28.7 Å². The van der Waals surface area contributed by atoms with Gasteiger partial charge in [0.2, 0.25) is 5.91 Å². The highest BCUT2D eigenvalue weighted by molar-refractivity contribution is 9.10. The summed E-state index contributed by atoms with van der Waals surface area (Å²) in [5, 5.41) is 0. The predicted molar refractivity (Wildman–Crippen MR) is 66.7 cm³/mol. The van der Waals surface area contributed by atoms with Crippen LogP contribution in [0.5, 0.6) is 0 Å². The smallest absolute Gasteiger partial charge is 0.328 e. The molecule has 17 heavy (non-hydrogen) atoms. The van der Waals surface area contributed by atoms with E-state index in [-0.39, 0.29) is 11.9 Å². The van der Waals surface area contributed by atoms with Gasteiger partial charge < -0.3 is 4.74 Å². The second kappa shape index (κ2) is 4.87. The summed E-state index contributed by atoms with van der Waals surface area (Å²) in [6.07, 6.45) is 0.893. The van der Waals surface area contributed by atoms with Crippen LogP contribution in [0.2, 0.25) is 0 Å². The van der Waals surface area contributed by atoms with Crippen LogP contribution in [0, 0.1) is 0 Å². The van der Waals surface area contributed by atoms with Crippen LogP contribution in [0.3, 0.4) is 0 Å². The molecule has 5 heteroatoms. The van der Waals surface area contributed by atoms with Crippen LogP contribution in [0.25, 0.3) is 0 Å². The molecule has 1 aromatic carbocycles. The third-order valence-electron chi connectivity index (χ3n) is 2.77. The summed E-state index contributed by atoms with van der Waals surface area (Å²) in [4.78, 5) is 24.9. The number of rotatable bonds is 2. The number of anilines is 1. The van der Waals surface area contributed by atoms with Crippen molar-refractivity contribution >= 4 is 33.5 Å². The van der Waals surface area contributed by atoms with Gasteiger partial charge in [-0.15, -0.1) is 0 Å². The molecule has 0 spiro atoms. The van der Waals surface area contributed by atoms with Crippen LogP contribution in [-0.4, -0.2) is 25.0 Å². The van der Waals surface area contributed by atoms with E-state index >= 15 is 0 Å². The molecule has 0 aromatic heterocycles. The van der Waals surface area contributed by atoms with Crippen LogP contribution in [0.4, 0.5) is 5.69 Å². The molecule has 0 saturated carbocycles. The SMILES string of the molecule is COC(=O)C1CCC(=O)N1c1cccc(Br)c1. The van der Waals surface area contributed by atoms with Crippen molar-refractivity contribution < 1.29 is 14.3 Å². The van der Waals surface area contributed by atoms with E-state index in [1.54, 1.807) is 0 Å². The lowest BCUT2D eigenvalue weighted by Crippen LogP contribution is -2.39. The Morgan fingerprint density at radius 3 is 2.94 bits per heavy atom. The molecule has 1 fully saturated rings. The number of nitrogens with zero attached hydrogens (tertiary/aromatic N) is 1. The van der Waals surface area contributed by atoms with Crippen molar-refractivity contribution in [3.8, 4) is 0 Å². The molecule has 0 aliphatic carbocycles. The molecule has 0 bridgehead atoms. The molecule has 0 radical (unpaired) electrons. The third kappa shape index (κ3) is 2.34. The maximum Gasteiger partial charge on any atom is 0.328 e. The van der Waals surface area contributed by atoms with Gasteiger partial charge in [0.15, 0.2) is 0 Å². The monoisotopic (exact) mass is 297 g/mol. The van der Waals surface area contributed by atoms with E-state index in [1.807, 2.05) is 24.3 Å². The van der Waals surface area contributed by atoms with Gasteiger partial charge in [0, 0.05) is 16.6 Å². The second-order valence-electron chi connectivity index (χ2n) is 3.82. The van der Waals surface area contributed by atoms with Crippen molar-refractivity contribution in [2.75, 3.05) is 12.0 Å². The Hall–Kier alpha value is -1.36. The Labute approximate surface area is 108 Å². The molecule has 1 aromatic rings. The molecule has 90 valence electrons. The highest BCUT2D eigenvalue weighted by Crippen LogP contribution is 2.29. The first-order valence-electron chi connectivity index (χ1n) is 5.29.